The molecule has 2 aliphatic heterocycles. The molecule has 1 N–H and O–H groups in total. The van der Waals surface area contributed by atoms with Crippen LogP contribution in [0.25, 0.3) is 0 Å². The number of hydrogen-bond donors (Lipinski definition) is 1. The molecule has 1 aromatic carbocycles. The topological polar surface area (TPSA) is 43.8 Å². The van der Waals surface area contributed by atoms with E-state index in [1.165, 1.54) is 31.5 Å². The van der Waals surface area contributed by atoms with Gasteiger partial charge >= 0.3 is 5.97 Å². The number of nitrogens with zero attached hydrogens (tertiary/aromatic N) is 2. The molecule has 0 bridgehead atoms. The van der Waals surface area contributed by atoms with Crippen molar-refractivity contribution in [3.63, 3.8) is 0 Å². The van der Waals surface area contributed by atoms with E-state index < -0.39 is 5.97 Å². The highest BCUT2D eigenvalue weighted by Gasteiger charge is 2.40. The summed E-state index contributed by atoms with van der Waals surface area (Å²) in [4.78, 5) is 16.4. The zero-order chi connectivity index (χ0) is 17.3. The number of likely N-dealkylation sites (tertiary alicyclic amines) is 2. The van der Waals surface area contributed by atoms with Crippen molar-refractivity contribution < 1.29 is 9.90 Å². The van der Waals surface area contributed by atoms with Gasteiger partial charge in [0.2, 0.25) is 0 Å². The Labute approximate surface area is 145 Å². The van der Waals surface area contributed by atoms with Crippen molar-refractivity contribution in [2.24, 2.45) is 5.92 Å². The minimum atomic E-state index is -0.836. The van der Waals surface area contributed by atoms with Gasteiger partial charge < -0.3 is 10.0 Å². The molecular formula is C20H30N2O2. The highest BCUT2D eigenvalue weighted by atomic mass is 16.4. The molecule has 0 unspecified atom stereocenters. The predicted molar refractivity (Wildman–Crippen MR) is 96.6 cm³/mol. The van der Waals surface area contributed by atoms with Crippen LogP contribution in [0.4, 0.5) is 0 Å². The smallest absolute Gasteiger partial charge is 0.335 e. The molecule has 2 heterocycles. The molecule has 0 aromatic heterocycles. The number of hydrogen-bond acceptors (Lipinski definition) is 3. The summed E-state index contributed by atoms with van der Waals surface area (Å²) < 4.78 is 0. The Morgan fingerprint density at radius 1 is 1.25 bits per heavy atom. The molecule has 4 heteroatoms. The van der Waals surface area contributed by atoms with Crippen LogP contribution in [0.3, 0.4) is 0 Å². The SMILES string of the molecule is C[C@H]1CN(C2CCN(C)CC2)CC[C@@]1(C)c1cccc(C(=O)O)c1. The third-order valence-corrected chi connectivity index (χ3v) is 6.49. The van der Waals surface area contributed by atoms with Gasteiger partial charge in [-0.05, 0) is 75.0 Å². The summed E-state index contributed by atoms with van der Waals surface area (Å²) >= 11 is 0. The molecule has 3 rings (SSSR count). The van der Waals surface area contributed by atoms with Crippen LogP contribution in [-0.2, 0) is 5.41 Å². The second kappa shape index (κ2) is 6.85. The summed E-state index contributed by atoms with van der Waals surface area (Å²) in [5, 5.41) is 9.28. The van der Waals surface area contributed by atoms with Crippen molar-refractivity contribution in [1.82, 2.24) is 9.80 Å². The van der Waals surface area contributed by atoms with Crippen LogP contribution in [0.5, 0.6) is 0 Å². The second-order valence-electron chi connectivity index (χ2n) is 7.98. The van der Waals surface area contributed by atoms with Crippen molar-refractivity contribution in [3.8, 4) is 0 Å². The Morgan fingerprint density at radius 2 is 1.96 bits per heavy atom. The largest absolute Gasteiger partial charge is 0.478 e. The normalized spacial score (nSPS) is 30.4. The molecule has 132 valence electrons. The lowest BCUT2D eigenvalue weighted by atomic mass is 9.67. The van der Waals surface area contributed by atoms with Crippen LogP contribution < -0.4 is 0 Å². The maximum atomic E-state index is 11.3. The van der Waals surface area contributed by atoms with Gasteiger partial charge in [-0.3, -0.25) is 4.90 Å². The zero-order valence-electron chi connectivity index (χ0n) is 15.2. The molecule has 2 atom stereocenters. The molecule has 24 heavy (non-hydrogen) atoms. The van der Waals surface area contributed by atoms with Crippen LogP contribution in [0.1, 0.15) is 49.0 Å². The Hall–Kier alpha value is -1.39. The summed E-state index contributed by atoms with van der Waals surface area (Å²) in [7, 11) is 2.21. The summed E-state index contributed by atoms with van der Waals surface area (Å²) in [5.74, 6) is -0.313. The maximum absolute atomic E-state index is 11.3. The molecule has 0 saturated carbocycles. The number of carbonyl (C=O) groups is 1. The molecule has 0 amide bonds. The van der Waals surface area contributed by atoms with E-state index in [4.69, 9.17) is 0 Å². The molecule has 2 saturated heterocycles. The number of carboxylic acids is 1. The van der Waals surface area contributed by atoms with Crippen molar-refractivity contribution in [3.05, 3.63) is 35.4 Å². The van der Waals surface area contributed by atoms with Gasteiger partial charge in [0, 0.05) is 12.6 Å². The predicted octanol–water partition coefficient (Wildman–Crippen LogP) is 3.08. The third-order valence-electron chi connectivity index (χ3n) is 6.49. The van der Waals surface area contributed by atoms with Gasteiger partial charge in [0.1, 0.15) is 0 Å². The molecule has 1 aromatic rings. The van der Waals surface area contributed by atoms with Crippen molar-refractivity contribution in [1.29, 1.82) is 0 Å². The van der Waals surface area contributed by atoms with Gasteiger partial charge in [-0.15, -0.1) is 0 Å². The fourth-order valence-corrected chi connectivity index (χ4v) is 4.39. The Morgan fingerprint density at radius 3 is 2.58 bits per heavy atom. The van der Waals surface area contributed by atoms with Gasteiger partial charge in [0.15, 0.2) is 0 Å². The molecular weight excluding hydrogens is 300 g/mol. The lowest BCUT2D eigenvalue weighted by Crippen LogP contribution is -2.53. The lowest BCUT2D eigenvalue weighted by molar-refractivity contribution is 0.0472. The molecule has 2 aliphatic rings. The second-order valence-corrected chi connectivity index (χ2v) is 7.98. The summed E-state index contributed by atoms with van der Waals surface area (Å²) in [6.07, 6.45) is 3.65. The van der Waals surface area contributed by atoms with Crippen LogP contribution in [-0.4, -0.2) is 60.1 Å². The highest BCUT2D eigenvalue weighted by Crippen LogP contribution is 2.40. The first-order chi connectivity index (χ1) is 11.4. The third kappa shape index (κ3) is 3.35. The van der Waals surface area contributed by atoms with Crippen molar-refractivity contribution in [2.45, 2.75) is 44.6 Å². The summed E-state index contributed by atoms with van der Waals surface area (Å²) in [5.41, 5.74) is 1.64. The molecule has 0 aliphatic carbocycles. The van der Waals surface area contributed by atoms with E-state index in [0.717, 1.165) is 25.6 Å². The van der Waals surface area contributed by atoms with Gasteiger partial charge in [-0.1, -0.05) is 26.0 Å². The highest BCUT2D eigenvalue weighted by molar-refractivity contribution is 5.87. The van der Waals surface area contributed by atoms with Crippen molar-refractivity contribution >= 4 is 5.97 Å². The fraction of sp³-hybridized carbons (Fsp3) is 0.650. The van der Waals surface area contributed by atoms with Crippen molar-refractivity contribution in [2.75, 3.05) is 33.2 Å². The number of benzene rings is 1. The zero-order valence-corrected chi connectivity index (χ0v) is 15.2. The lowest BCUT2D eigenvalue weighted by Gasteiger charge is -2.48. The molecule has 4 nitrogen and oxygen atoms in total. The van der Waals surface area contributed by atoms with Crippen LogP contribution in [0.2, 0.25) is 0 Å². The Bertz CT molecular complexity index is 595. The Balaban J connectivity index is 1.72. The average molecular weight is 330 g/mol. The summed E-state index contributed by atoms with van der Waals surface area (Å²) in [6.45, 7) is 9.27. The first-order valence-electron chi connectivity index (χ1n) is 9.16. The van der Waals surface area contributed by atoms with E-state index in [0.29, 0.717) is 11.5 Å². The molecule has 0 radical (unpaired) electrons. The van der Waals surface area contributed by atoms with E-state index >= 15 is 0 Å². The van der Waals surface area contributed by atoms with Crippen LogP contribution in [0.15, 0.2) is 24.3 Å². The molecule has 2 fully saturated rings. The number of carboxylic acid groups (broad SMARTS) is 1. The van der Waals surface area contributed by atoms with Crippen LogP contribution >= 0.6 is 0 Å². The first kappa shape index (κ1) is 17.4. The van der Waals surface area contributed by atoms with E-state index in [1.807, 2.05) is 12.1 Å². The quantitative estimate of drug-likeness (QED) is 0.925. The first-order valence-corrected chi connectivity index (χ1v) is 9.16. The maximum Gasteiger partial charge on any atom is 0.335 e. The standard InChI is InChI=1S/C20H30N2O2/c1-15-14-22(18-7-10-21(3)11-8-18)12-9-20(15,2)17-6-4-5-16(13-17)19(23)24/h4-6,13,15,18H,7-12,14H2,1-3H3,(H,23,24)/t15-,20+/m0/s1. The van der Waals surface area contributed by atoms with Gasteiger partial charge in [-0.2, -0.15) is 0 Å². The monoisotopic (exact) mass is 330 g/mol. The molecule has 0 spiro atoms. The number of rotatable bonds is 3. The van der Waals surface area contributed by atoms with E-state index in [-0.39, 0.29) is 5.41 Å². The summed E-state index contributed by atoms with van der Waals surface area (Å²) in [6, 6.07) is 8.28. The van der Waals surface area contributed by atoms with E-state index in [9.17, 15) is 9.90 Å². The Kier molecular flexibility index (Phi) is 4.97. The number of piperidine rings is 2. The minimum Gasteiger partial charge on any atom is -0.478 e. The van der Waals surface area contributed by atoms with Gasteiger partial charge in [0.25, 0.3) is 0 Å². The fourth-order valence-electron chi connectivity index (χ4n) is 4.39. The van der Waals surface area contributed by atoms with Crippen LogP contribution in [0, 0.1) is 5.92 Å². The average Bonchev–Trinajstić information content (AvgIpc) is 2.58. The van der Waals surface area contributed by atoms with Gasteiger partial charge in [-0.25, -0.2) is 4.79 Å². The van der Waals surface area contributed by atoms with E-state index in [1.54, 1.807) is 6.07 Å². The number of aromatic carboxylic acids is 1. The minimum absolute atomic E-state index is 0.0629. The van der Waals surface area contributed by atoms with Gasteiger partial charge in [0.05, 0.1) is 5.56 Å². The van der Waals surface area contributed by atoms with E-state index in [2.05, 4.69) is 36.8 Å².